The summed E-state index contributed by atoms with van der Waals surface area (Å²) >= 11 is 0. The van der Waals surface area contributed by atoms with Crippen LogP contribution in [-0.2, 0) is 9.59 Å². The fourth-order valence-electron chi connectivity index (χ4n) is 2.53. The van der Waals surface area contributed by atoms with E-state index in [1.807, 2.05) is 6.92 Å². The molecule has 0 aromatic heterocycles. The van der Waals surface area contributed by atoms with Crippen LogP contribution in [0.1, 0.15) is 32.6 Å². The van der Waals surface area contributed by atoms with Crippen LogP contribution in [0, 0.1) is 11.8 Å². The van der Waals surface area contributed by atoms with Crippen molar-refractivity contribution >= 4 is 17.9 Å². The predicted octanol–water partition coefficient (Wildman–Crippen LogP) is 0.655. The van der Waals surface area contributed by atoms with E-state index in [1.54, 1.807) is 11.9 Å². The fourth-order valence-corrected chi connectivity index (χ4v) is 2.53. The van der Waals surface area contributed by atoms with Gasteiger partial charge in [-0.15, -0.1) is 0 Å². The van der Waals surface area contributed by atoms with E-state index in [1.165, 1.54) is 0 Å². The molecule has 1 saturated heterocycles. The molecule has 1 aliphatic rings. The second-order valence-corrected chi connectivity index (χ2v) is 5.39. The van der Waals surface area contributed by atoms with Crippen molar-refractivity contribution in [2.75, 3.05) is 26.7 Å². The third-order valence-electron chi connectivity index (χ3n) is 3.89. The maximum absolute atomic E-state index is 12.0. The molecule has 1 rings (SSSR count). The smallest absolute Gasteiger partial charge is 0.317 e. The Balaban J connectivity index is 2.37. The molecular formula is C14H25N3O4. The van der Waals surface area contributed by atoms with Crippen LogP contribution >= 0.6 is 0 Å². The van der Waals surface area contributed by atoms with Gasteiger partial charge >= 0.3 is 12.0 Å². The number of aliphatic carboxylic acids is 1. The lowest BCUT2D eigenvalue weighted by molar-refractivity contribution is -0.141. The lowest BCUT2D eigenvalue weighted by Gasteiger charge is -2.31. The molecule has 0 saturated carbocycles. The maximum Gasteiger partial charge on any atom is 0.317 e. The number of likely N-dealkylation sites (tertiary alicyclic amines) is 1. The first-order chi connectivity index (χ1) is 9.99. The van der Waals surface area contributed by atoms with Crippen molar-refractivity contribution in [3.8, 4) is 0 Å². The quantitative estimate of drug-likeness (QED) is 0.671. The highest BCUT2D eigenvalue weighted by atomic mass is 16.4. The Bertz CT molecular complexity index is 378. The standard InChI is InChI=1S/C14H25N3O4/c1-3-4-11(13(19)20)9-16-14(21)17-7-5-10(6-8-17)12(18)15-2/h10-11H,3-9H2,1-2H3,(H,15,18)(H,16,21)(H,19,20). The molecule has 0 radical (unpaired) electrons. The summed E-state index contributed by atoms with van der Waals surface area (Å²) in [6.45, 7) is 3.11. The lowest BCUT2D eigenvalue weighted by atomic mass is 9.96. The molecule has 1 fully saturated rings. The number of rotatable bonds is 6. The molecule has 0 bridgehead atoms. The van der Waals surface area contributed by atoms with Gasteiger partial charge in [-0.1, -0.05) is 13.3 Å². The van der Waals surface area contributed by atoms with Crippen LogP contribution in [0.4, 0.5) is 4.79 Å². The molecule has 21 heavy (non-hydrogen) atoms. The first kappa shape index (κ1) is 17.3. The summed E-state index contributed by atoms with van der Waals surface area (Å²) in [4.78, 5) is 36.2. The van der Waals surface area contributed by atoms with Crippen molar-refractivity contribution in [3.63, 3.8) is 0 Å². The summed E-state index contributed by atoms with van der Waals surface area (Å²) in [5.41, 5.74) is 0. The molecule has 0 spiro atoms. The van der Waals surface area contributed by atoms with Crippen molar-refractivity contribution in [1.82, 2.24) is 15.5 Å². The monoisotopic (exact) mass is 299 g/mol. The van der Waals surface area contributed by atoms with E-state index in [4.69, 9.17) is 5.11 Å². The number of carboxylic acids is 1. The molecular weight excluding hydrogens is 274 g/mol. The van der Waals surface area contributed by atoms with E-state index < -0.39 is 11.9 Å². The van der Waals surface area contributed by atoms with Gasteiger partial charge in [-0.3, -0.25) is 9.59 Å². The Kier molecular flexibility index (Phi) is 6.98. The van der Waals surface area contributed by atoms with Gasteiger partial charge in [0.25, 0.3) is 0 Å². The van der Waals surface area contributed by atoms with Crippen LogP contribution in [0.15, 0.2) is 0 Å². The summed E-state index contributed by atoms with van der Waals surface area (Å²) in [6, 6.07) is -0.243. The van der Waals surface area contributed by atoms with Gasteiger partial charge in [-0.05, 0) is 19.3 Å². The van der Waals surface area contributed by atoms with Gasteiger partial charge in [-0.25, -0.2) is 4.79 Å². The predicted molar refractivity (Wildman–Crippen MR) is 77.8 cm³/mol. The normalized spacial score (nSPS) is 17.1. The van der Waals surface area contributed by atoms with Gasteiger partial charge in [0.05, 0.1) is 5.92 Å². The second-order valence-electron chi connectivity index (χ2n) is 5.39. The number of urea groups is 1. The van der Waals surface area contributed by atoms with Gasteiger partial charge < -0.3 is 20.6 Å². The first-order valence-corrected chi connectivity index (χ1v) is 7.46. The third kappa shape index (κ3) is 5.24. The molecule has 1 atom stereocenters. The average molecular weight is 299 g/mol. The van der Waals surface area contributed by atoms with Crippen molar-refractivity contribution < 1.29 is 19.5 Å². The number of nitrogens with zero attached hydrogens (tertiary/aromatic N) is 1. The highest BCUT2D eigenvalue weighted by Crippen LogP contribution is 2.17. The van der Waals surface area contributed by atoms with Crippen LogP contribution in [0.2, 0.25) is 0 Å². The van der Waals surface area contributed by atoms with Crippen LogP contribution in [0.5, 0.6) is 0 Å². The molecule has 0 aliphatic carbocycles. The van der Waals surface area contributed by atoms with E-state index in [-0.39, 0.29) is 24.4 Å². The van der Waals surface area contributed by atoms with Crippen LogP contribution in [0.25, 0.3) is 0 Å². The molecule has 120 valence electrons. The molecule has 1 heterocycles. The fraction of sp³-hybridized carbons (Fsp3) is 0.786. The zero-order valence-corrected chi connectivity index (χ0v) is 12.7. The maximum atomic E-state index is 12.0. The topological polar surface area (TPSA) is 98.7 Å². The largest absolute Gasteiger partial charge is 0.481 e. The van der Waals surface area contributed by atoms with Crippen molar-refractivity contribution in [2.24, 2.45) is 11.8 Å². The molecule has 3 N–H and O–H groups in total. The lowest BCUT2D eigenvalue weighted by Crippen LogP contribution is -2.48. The molecule has 1 unspecified atom stereocenters. The SMILES string of the molecule is CCCC(CNC(=O)N1CCC(C(=O)NC)CC1)C(=O)O. The Morgan fingerprint density at radius 2 is 1.90 bits per heavy atom. The summed E-state index contributed by atoms with van der Waals surface area (Å²) in [5, 5.41) is 14.3. The third-order valence-corrected chi connectivity index (χ3v) is 3.89. The van der Waals surface area contributed by atoms with Gasteiger partial charge in [0.15, 0.2) is 0 Å². The Morgan fingerprint density at radius 1 is 1.29 bits per heavy atom. The summed E-state index contributed by atoms with van der Waals surface area (Å²) in [7, 11) is 1.61. The van der Waals surface area contributed by atoms with Crippen LogP contribution in [-0.4, -0.2) is 54.6 Å². The first-order valence-electron chi connectivity index (χ1n) is 7.46. The molecule has 0 aromatic carbocycles. The van der Waals surface area contributed by atoms with E-state index in [9.17, 15) is 14.4 Å². The zero-order valence-electron chi connectivity index (χ0n) is 12.7. The Labute approximate surface area is 125 Å². The number of nitrogens with one attached hydrogen (secondary N) is 2. The Morgan fingerprint density at radius 3 is 2.38 bits per heavy atom. The number of carbonyl (C=O) groups is 3. The van der Waals surface area contributed by atoms with Crippen molar-refractivity contribution in [1.29, 1.82) is 0 Å². The minimum atomic E-state index is -0.879. The second kappa shape index (κ2) is 8.49. The van der Waals surface area contributed by atoms with Gasteiger partial charge in [-0.2, -0.15) is 0 Å². The van der Waals surface area contributed by atoms with Crippen molar-refractivity contribution in [3.05, 3.63) is 0 Å². The number of piperidine rings is 1. The number of carboxylic acid groups (broad SMARTS) is 1. The number of amides is 3. The average Bonchev–Trinajstić information content (AvgIpc) is 2.50. The molecule has 7 nitrogen and oxygen atoms in total. The highest BCUT2D eigenvalue weighted by molar-refractivity contribution is 5.79. The summed E-state index contributed by atoms with van der Waals surface area (Å²) < 4.78 is 0. The van der Waals surface area contributed by atoms with Gasteiger partial charge in [0, 0.05) is 32.6 Å². The van der Waals surface area contributed by atoms with Crippen LogP contribution < -0.4 is 10.6 Å². The van der Waals surface area contributed by atoms with E-state index >= 15 is 0 Å². The summed E-state index contributed by atoms with van der Waals surface area (Å²) in [5.74, 6) is -1.44. The molecule has 0 aromatic rings. The highest BCUT2D eigenvalue weighted by Gasteiger charge is 2.27. The minimum absolute atomic E-state index is 0.0175. The number of carbonyl (C=O) groups excluding carboxylic acids is 2. The van der Waals surface area contributed by atoms with E-state index in [0.717, 1.165) is 6.42 Å². The Hall–Kier alpha value is -1.79. The molecule has 1 aliphatic heterocycles. The van der Waals surface area contributed by atoms with Crippen LogP contribution in [0.3, 0.4) is 0 Å². The number of hydrogen-bond acceptors (Lipinski definition) is 3. The van der Waals surface area contributed by atoms with Crippen molar-refractivity contribution in [2.45, 2.75) is 32.6 Å². The summed E-state index contributed by atoms with van der Waals surface area (Å²) in [6.07, 6.45) is 2.60. The van der Waals surface area contributed by atoms with Gasteiger partial charge in [0.1, 0.15) is 0 Å². The van der Waals surface area contributed by atoms with E-state index in [2.05, 4.69) is 10.6 Å². The van der Waals surface area contributed by atoms with E-state index in [0.29, 0.717) is 32.4 Å². The molecule has 7 heteroatoms. The molecule has 3 amide bonds. The zero-order chi connectivity index (χ0) is 15.8. The minimum Gasteiger partial charge on any atom is -0.481 e. The van der Waals surface area contributed by atoms with Gasteiger partial charge in [0.2, 0.25) is 5.91 Å². The number of hydrogen-bond donors (Lipinski definition) is 3.